The maximum Gasteiger partial charge on any atom is 0.141 e. The van der Waals surface area contributed by atoms with E-state index >= 15 is 0 Å². The SMILES string of the molecule is COc1ccc(Cl)cc1CNc1cc(C)ccc1OC. The van der Waals surface area contributed by atoms with Gasteiger partial charge >= 0.3 is 0 Å². The Labute approximate surface area is 124 Å². The first-order chi connectivity index (χ1) is 9.63. The maximum atomic E-state index is 6.03. The van der Waals surface area contributed by atoms with Gasteiger partial charge in [-0.15, -0.1) is 0 Å². The molecule has 0 aromatic heterocycles. The summed E-state index contributed by atoms with van der Waals surface area (Å²) in [6.07, 6.45) is 0. The molecule has 4 heteroatoms. The van der Waals surface area contributed by atoms with E-state index in [4.69, 9.17) is 21.1 Å². The molecule has 0 aliphatic rings. The molecular weight excluding hydrogens is 274 g/mol. The second-order valence-corrected chi connectivity index (χ2v) is 4.95. The minimum Gasteiger partial charge on any atom is -0.496 e. The highest BCUT2D eigenvalue weighted by molar-refractivity contribution is 6.30. The molecule has 2 rings (SSSR count). The Morgan fingerprint density at radius 3 is 2.40 bits per heavy atom. The topological polar surface area (TPSA) is 30.5 Å². The summed E-state index contributed by atoms with van der Waals surface area (Å²) in [6, 6.07) is 11.6. The van der Waals surface area contributed by atoms with Crippen molar-refractivity contribution in [1.82, 2.24) is 0 Å². The van der Waals surface area contributed by atoms with Crippen molar-refractivity contribution in [2.24, 2.45) is 0 Å². The van der Waals surface area contributed by atoms with Crippen LogP contribution in [0.2, 0.25) is 5.02 Å². The van der Waals surface area contributed by atoms with Crippen molar-refractivity contribution in [2.75, 3.05) is 19.5 Å². The monoisotopic (exact) mass is 291 g/mol. The molecule has 0 bridgehead atoms. The van der Waals surface area contributed by atoms with Gasteiger partial charge in [0.1, 0.15) is 11.5 Å². The molecule has 0 unspecified atom stereocenters. The predicted octanol–water partition coefficient (Wildman–Crippen LogP) is 4.28. The van der Waals surface area contributed by atoms with Gasteiger partial charge in [0.2, 0.25) is 0 Å². The third-order valence-corrected chi connectivity index (χ3v) is 3.30. The Kier molecular flexibility index (Phi) is 4.74. The molecule has 2 aromatic rings. The van der Waals surface area contributed by atoms with Crippen LogP contribution in [0.25, 0.3) is 0 Å². The fourth-order valence-electron chi connectivity index (χ4n) is 2.04. The Hall–Kier alpha value is -1.87. The molecule has 0 radical (unpaired) electrons. The molecule has 0 aliphatic heterocycles. The fourth-order valence-corrected chi connectivity index (χ4v) is 2.23. The molecule has 0 amide bonds. The van der Waals surface area contributed by atoms with Crippen molar-refractivity contribution in [3.63, 3.8) is 0 Å². The smallest absolute Gasteiger partial charge is 0.141 e. The summed E-state index contributed by atoms with van der Waals surface area (Å²) in [7, 11) is 3.32. The predicted molar refractivity (Wildman–Crippen MR) is 83.1 cm³/mol. The lowest BCUT2D eigenvalue weighted by Crippen LogP contribution is -2.03. The van der Waals surface area contributed by atoms with Gasteiger partial charge in [-0.05, 0) is 42.8 Å². The number of rotatable bonds is 5. The van der Waals surface area contributed by atoms with Crippen LogP contribution in [0.3, 0.4) is 0 Å². The van der Waals surface area contributed by atoms with Crippen LogP contribution in [0.15, 0.2) is 36.4 Å². The molecule has 20 heavy (non-hydrogen) atoms. The fraction of sp³-hybridized carbons (Fsp3) is 0.250. The number of aryl methyl sites for hydroxylation is 1. The number of ether oxygens (including phenoxy) is 2. The summed E-state index contributed by atoms with van der Waals surface area (Å²) in [5, 5.41) is 4.05. The van der Waals surface area contributed by atoms with E-state index in [-0.39, 0.29) is 0 Å². The summed E-state index contributed by atoms with van der Waals surface area (Å²) in [4.78, 5) is 0. The van der Waals surface area contributed by atoms with E-state index in [1.54, 1.807) is 14.2 Å². The van der Waals surface area contributed by atoms with Gasteiger partial charge in [0, 0.05) is 17.1 Å². The van der Waals surface area contributed by atoms with E-state index in [1.807, 2.05) is 37.3 Å². The molecule has 0 fully saturated rings. The van der Waals surface area contributed by atoms with Crippen molar-refractivity contribution >= 4 is 17.3 Å². The molecule has 2 aromatic carbocycles. The zero-order valence-electron chi connectivity index (χ0n) is 11.9. The standard InChI is InChI=1S/C16H18ClNO2/c1-11-4-6-16(20-3)14(8-11)18-10-12-9-13(17)5-7-15(12)19-2/h4-9,18H,10H2,1-3H3. The van der Waals surface area contributed by atoms with Crippen molar-refractivity contribution in [2.45, 2.75) is 13.5 Å². The molecule has 0 atom stereocenters. The van der Waals surface area contributed by atoms with Crippen LogP contribution in [0.4, 0.5) is 5.69 Å². The normalized spacial score (nSPS) is 10.2. The number of benzene rings is 2. The van der Waals surface area contributed by atoms with Gasteiger partial charge in [-0.25, -0.2) is 0 Å². The van der Waals surface area contributed by atoms with Gasteiger partial charge in [-0.2, -0.15) is 0 Å². The van der Waals surface area contributed by atoms with Crippen LogP contribution in [0.5, 0.6) is 11.5 Å². The summed E-state index contributed by atoms with van der Waals surface area (Å²) >= 11 is 6.03. The summed E-state index contributed by atoms with van der Waals surface area (Å²) in [5.74, 6) is 1.63. The van der Waals surface area contributed by atoms with Gasteiger partial charge in [-0.3, -0.25) is 0 Å². The summed E-state index contributed by atoms with van der Waals surface area (Å²) in [6.45, 7) is 2.66. The average molecular weight is 292 g/mol. The van der Waals surface area contributed by atoms with Gasteiger partial charge in [-0.1, -0.05) is 17.7 Å². The van der Waals surface area contributed by atoms with Gasteiger partial charge in [0.25, 0.3) is 0 Å². The van der Waals surface area contributed by atoms with Crippen molar-refractivity contribution in [3.8, 4) is 11.5 Å². The third-order valence-electron chi connectivity index (χ3n) is 3.07. The molecule has 0 saturated carbocycles. The lowest BCUT2D eigenvalue weighted by atomic mass is 10.1. The van der Waals surface area contributed by atoms with Crippen LogP contribution >= 0.6 is 11.6 Å². The summed E-state index contributed by atoms with van der Waals surface area (Å²) in [5.41, 5.74) is 3.13. The number of nitrogens with one attached hydrogen (secondary N) is 1. The van der Waals surface area contributed by atoms with E-state index in [9.17, 15) is 0 Å². The van der Waals surface area contributed by atoms with Crippen LogP contribution < -0.4 is 14.8 Å². The van der Waals surface area contributed by atoms with Crippen LogP contribution in [-0.4, -0.2) is 14.2 Å². The Bertz CT molecular complexity index is 546. The number of hydrogen-bond donors (Lipinski definition) is 1. The second kappa shape index (κ2) is 6.53. The molecule has 0 aliphatic carbocycles. The number of methoxy groups -OCH3 is 2. The molecule has 3 nitrogen and oxygen atoms in total. The zero-order valence-corrected chi connectivity index (χ0v) is 12.6. The Balaban J connectivity index is 2.20. The highest BCUT2D eigenvalue weighted by atomic mass is 35.5. The lowest BCUT2D eigenvalue weighted by Gasteiger charge is -2.14. The molecule has 106 valence electrons. The van der Waals surface area contributed by atoms with Crippen molar-refractivity contribution < 1.29 is 9.47 Å². The number of hydrogen-bond acceptors (Lipinski definition) is 3. The molecule has 1 N–H and O–H groups in total. The largest absolute Gasteiger partial charge is 0.496 e. The van der Waals surface area contributed by atoms with E-state index in [2.05, 4.69) is 11.4 Å². The van der Waals surface area contributed by atoms with Gasteiger partial charge in [0.05, 0.1) is 19.9 Å². The molecule has 0 heterocycles. The van der Waals surface area contributed by atoms with Crippen molar-refractivity contribution in [1.29, 1.82) is 0 Å². The minimum atomic E-state index is 0.615. The number of anilines is 1. The van der Waals surface area contributed by atoms with E-state index in [0.29, 0.717) is 11.6 Å². The van der Waals surface area contributed by atoms with E-state index in [0.717, 1.165) is 22.7 Å². The zero-order chi connectivity index (χ0) is 14.5. The highest BCUT2D eigenvalue weighted by Crippen LogP contribution is 2.28. The third kappa shape index (κ3) is 3.36. The summed E-state index contributed by atoms with van der Waals surface area (Å²) < 4.78 is 10.7. The second-order valence-electron chi connectivity index (χ2n) is 4.51. The number of halogens is 1. The van der Waals surface area contributed by atoms with Crippen LogP contribution in [0.1, 0.15) is 11.1 Å². The Morgan fingerprint density at radius 2 is 1.70 bits per heavy atom. The average Bonchev–Trinajstić information content (AvgIpc) is 2.45. The molecule has 0 saturated heterocycles. The van der Waals surface area contributed by atoms with Crippen LogP contribution in [-0.2, 0) is 6.54 Å². The highest BCUT2D eigenvalue weighted by Gasteiger charge is 2.06. The van der Waals surface area contributed by atoms with Crippen LogP contribution in [0, 0.1) is 6.92 Å². The minimum absolute atomic E-state index is 0.615. The van der Waals surface area contributed by atoms with Gasteiger partial charge < -0.3 is 14.8 Å². The first kappa shape index (κ1) is 14.5. The van der Waals surface area contributed by atoms with Crippen molar-refractivity contribution in [3.05, 3.63) is 52.5 Å². The lowest BCUT2D eigenvalue weighted by molar-refractivity contribution is 0.409. The van der Waals surface area contributed by atoms with E-state index < -0.39 is 0 Å². The molecule has 0 spiro atoms. The first-order valence-corrected chi connectivity index (χ1v) is 6.72. The van der Waals surface area contributed by atoms with Gasteiger partial charge in [0.15, 0.2) is 0 Å². The first-order valence-electron chi connectivity index (χ1n) is 6.35. The maximum absolute atomic E-state index is 6.03. The van der Waals surface area contributed by atoms with E-state index in [1.165, 1.54) is 5.56 Å². The Morgan fingerprint density at radius 1 is 1.00 bits per heavy atom. The molecular formula is C16H18ClNO2. The quantitative estimate of drug-likeness (QED) is 0.892.